The Morgan fingerprint density at radius 3 is 2.11 bits per heavy atom. The van der Waals surface area contributed by atoms with Gasteiger partial charge in [0.05, 0.1) is 5.03 Å². The molecule has 0 heterocycles. The molecule has 0 saturated heterocycles. The minimum atomic E-state index is -0.829. The van der Waals surface area contributed by atoms with Gasteiger partial charge in [-0.15, -0.1) is 0 Å². The van der Waals surface area contributed by atoms with Crippen molar-refractivity contribution >= 4 is 35.3 Å². The molecule has 3 N–H and O–H groups in total. The maximum Gasteiger partial charge on any atom is 0.261 e. The number of carbonyl (C=O) groups excluding carboxylic acids is 1. The van der Waals surface area contributed by atoms with E-state index in [1.165, 1.54) is 0 Å². The Kier molecular flexibility index (Phi) is 3.27. The predicted molar refractivity (Wildman–Crippen MR) is 36.7 cm³/mol. The summed E-state index contributed by atoms with van der Waals surface area (Å²) >= 11 is 10.4. The smallest absolute Gasteiger partial charge is 0.261 e. The maximum absolute atomic E-state index is 10.1. The summed E-state index contributed by atoms with van der Waals surface area (Å²) in [7, 11) is 0. The van der Waals surface area contributed by atoms with Crippen molar-refractivity contribution in [1.29, 1.82) is 5.41 Å². The van der Waals surface area contributed by atoms with Gasteiger partial charge in [0.25, 0.3) is 5.91 Å². The van der Waals surface area contributed by atoms with Crippen LogP contribution in [0, 0.1) is 5.41 Å². The van der Waals surface area contributed by atoms with E-state index in [1.54, 1.807) is 0 Å². The monoisotopic (exact) mass is 166 g/mol. The van der Waals surface area contributed by atoms with Crippen LogP contribution in [0.25, 0.3) is 0 Å². The highest BCUT2D eigenvalue weighted by atomic mass is 35.5. The summed E-state index contributed by atoms with van der Waals surface area (Å²) in [6, 6.07) is 0. The van der Waals surface area contributed by atoms with E-state index in [0.29, 0.717) is 0 Å². The lowest BCUT2D eigenvalue weighted by Gasteiger charge is -1.89. The van der Waals surface area contributed by atoms with E-state index < -0.39 is 5.91 Å². The molecule has 50 valence electrons. The van der Waals surface area contributed by atoms with Crippen LogP contribution in [0.2, 0.25) is 0 Å². The van der Waals surface area contributed by atoms with Crippen molar-refractivity contribution in [3.63, 3.8) is 0 Å². The summed E-state index contributed by atoms with van der Waals surface area (Å²) in [6.07, 6.45) is 0.745. The van der Waals surface area contributed by atoms with Crippen LogP contribution in [-0.4, -0.2) is 12.1 Å². The van der Waals surface area contributed by atoms with E-state index in [0.717, 1.165) is 6.21 Å². The van der Waals surface area contributed by atoms with Crippen molar-refractivity contribution in [2.24, 2.45) is 5.73 Å². The fourth-order valence-corrected chi connectivity index (χ4v) is 0.329. The fraction of sp³-hybridized carbons (Fsp3) is 0. The third-order valence-corrected chi connectivity index (χ3v) is 1.34. The topological polar surface area (TPSA) is 66.9 Å². The van der Waals surface area contributed by atoms with E-state index >= 15 is 0 Å². The summed E-state index contributed by atoms with van der Waals surface area (Å²) in [6.45, 7) is 0. The summed E-state index contributed by atoms with van der Waals surface area (Å²) in [5.74, 6) is -0.829. The molecule has 0 aromatic carbocycles. The van der Waals surface area contributed by atoms with Gasteiger partial charge in [-0.1, -0.05) is 23.2 Å². The van der Waals surface area contributed by atoms with Crippen molar-refractivity contribution in [2.45, 2.75) is 0 Å². The van der Waals surface area contributed by atoms with Gasteiger partial charge in [0.2, 0.25) is 0 Å². The second-order valence-electron chi connectivity index (χ2n) is 1.17. The van der Waals surface area contributed by atoms with Crippen LogP contribution >= 0.6 is 23.2 Å². The Morgan fingerprint density at radius 1 is 1.56 bits per heavy atom. The lowest BCUT2D eigenvalue weighted by molar-refractivity contribution is -0.114. The first-order valence-corrected chi connectivity index (χ1v) is 2.70. The van der Waals surface area contributed by atoms with Crippen molar-refractivity contribution < 1.29 is 4.79 Å². The molecular weight excluding hydrogens is 163 g/mol. The summed E-state index contributed by atoms with van der Waals surface area (Å²) < 4.78 is 0. The average Bonchev–Trinajstić information content (AvgIpc) is 1.84. The highest BCUT2D eigenvalue weighted by Crippen LogP contribution is 2.09. The molecule has 0 spiro atoms. The number of hydrogen-bond donors (Lipinski definition) is 2. The second-order valence-corrected chi connectivity index (χ2v) is 1.96. The molecule has 0 rings (SSSR count). The van der Waals surface area contributed by atoms with Crippen LogP contribution in [-0.2, 0) is 4.79 Å². The van der Waals surface area contributed by atoms with Gasteiger partial charge in [-0.2, -0.15) is 0 Å². The van der Waals surface area contributed by atoms with E-state index in [-0.39, 0.29) is 10.1 Å². The highest BCUT2D eigenvalue weighted by Gasteiger charge is 2.03. The Labute approximate surface area is 61.9 Å². The molecule has 0 bridgehead atoms. The number of allylic oxidation sites excluding steroid dienone is 1. The third kappa shape index (κ3) is 2.49. The van der Waals surface area contributed by atoms with Gasteiger partial charge in [0, 0.05) is 6.21 Å². The number of rotatable bonds is 2. The van der Waals surface area contributed by atoms with Gasteiger partial charge in [-0.05, 0) is 0 Å². The normalized spacial score (nSPS) is 12.2. The summed E-state index contributed by atoms with van der Waals surface area (Å²) in [4.78, 5) is 10.1. The number of nitrogens with one attached hydrogen (secondary N) is 1. The van der Waals surface area contributed by atoms with Gasteiger partial charge < -0.3 is 11.1 Å². The quantitative estimate of drug-likeness (QED) is 0.463. The Balaban J connectivity index is 4.47. The maximum atomic E-state index is 10.1. The SMILES string of the molecule is N=CC(Cl)=C(Cl)C(N)=O. The molecule has 3 nitrogen and oxygen atoms in total. The Bertz CT molecular complexity index is 175. The number of amides is 1. The summed E-state index contributed by atoms with van der Waals surface area (Å²) in [5.41, 5.74) is 4.70. The molecule has 0 aliphatic rings. The van der Waals surface area contributed by atoms with Crippen LogP contribution in [0.5, 0.6) is 0 Å². The van der Waals surface area contributed by atoms with Gasteiger partial charge in [-0.25, -0.2) is 0 Å². The molecule has 0 aliphatic heterocycles. The second kappa shape index (κ2) is 3.48. The van der Waals surface area contributed by atoms with Crippen molar-refractivity contribution in [3.05, 3.63) is 10.1 Å². The first-order valence-electron chi connectivity index (χ1n) is 1.95. The molecule has 0 aromatic heterocycles. The van der Waals surface area contributed by atoms with Crippen LogP contribution < -0.4 is 5.73 Å². The molecule has 9 heavy (non-hydrogen) atoms. The standard InChI is InChI=1S/C4H4Cl2N2O/c5-2(1-7)3(6)4(8)9/h1,7H,(H2,8,9). The predicted octanol–water partition coefficient (Wildman–Crippen LogP) is 0.810. The van der Waals surface area contributed by atoms with Crippen LogP contribution in [0.15, 0.2) is 10.1 Å². The molecule has 0 unspecified atom stereocenters. The van der Waals surface area contributed by atoms with Gasteiger partial charge in [0.1, 0.15) is 5.03 Å². The lowest BCUT2D eigenvalue weighted by atomic mass is 10.5. The molecule has 0 saturated carbocycles. The zero-order valence-corrected chi connectivity index (χ0v) is 5.83. The van der Waals surface area contributed by atoms with E-state index in [4.69, 9.17) is 34.3 Å². The van der Waals surface area contributed by atoms with Gasteiger partial charge in [-0.3, -0.25) is 4.79 Å². The van der Waals surface area contributed by atoms with Crippen molar-refractivity contribution in [2.75, 3.05) is 0 Å². The first-order chi connectivity index (χ1) is 4.09. The first kappa shape index (κ1) is 8.46. The van der Waals surface area contributed by atoms with Gasteiger partial charge in [0.15, 0.2) is 0 Å². The average molecular weight is 167 g/mol. The van der Waals surface area contributed by atoms with Crippen LogP contribution in [0.4, 0.5) is 0 Å². The molecule has 0 fully saturated rings. The largest absolute Gasteiger partial charge is 0.365 e. The number of nitrogens with two attached hydrogens (primary N) is 1. The number of primary amides is 1. The van der Waals surface area contributed by atoms with Gasteiger partial charge >= 0.3 is 0 Å². The van der Waals surface area contributed by atoms with Crippen LogP contribution in [0.1, 0.15) is 0 Å². The molecule has 1 amide bonds. The van der Waals surface area contributed by atoms with Crippen molar-refractivity contribution in [1.82, 2.24) is 0 Å². The van der Waals surface area contributed by atoms with E-state index in [9.17, 15) is 4.79 Å². The number of carbonyl (C=O) groups is 1. The molecule has 0 atom stereocenters. The van der Waals surface area contributed by atoms with Crippen LogP contribution in [0.3, 0.4) is 0 Å². The zero-order chi connectivity index (χ0) is 7.44. The number of hydrogen-bond acceptors (Lipinski definition) is 2. The Morgan fingerprint density at radius 2 is 2.00 bits per heavy atom. The molecule has 5 heteroatoms. The molecule has 0 aliphatic carbocycles. The fourth-order valence-electron chi connectivity index (χ4n) is 0.181. The lowest BCUT2D eigenvalue weighted by Crippen LogP contribution is -2.11. The molecule has 0 aromatic rings. The van der Waals surface area contributed by atoms with E-state index in [1.807, 2.05) is 0 Å². The third-order valence-electron chi connectivity index (χ3n) is 0.553. The van der Waals surface area contributed by atoms with E-state index in [2.05, 4.69) is 0 Å². The highest BCUT2D eigenvalue weighted by molar-refractivity contribution is 6.52. The summed E-state index contributed by atoms with van der Waals surface area (Å²) in [5, 5.41) is 6.06. The molecular formula is C4H4Cl2N2O. The minimum Gasteiger partial charge on any atom is -0.365 e. The van der Waals surface area contributed by atoms with Crippen molar-refractivity contribution in [3.8, 4) is 0 Å². The minimum absolute atomic E-state index is 0.149. The zero-order valence-electron chi connectivity index (χ0n) is 4.32. The Hall–Kier alpha value is -0.540. The molecule has 0 radical (unpaired) electrons. The number of halogens is 2.